The molecule has 5 rings (SSSR count). The van der Waals surface area contributed by atoms with Crippen LogP contribution in [-0.4, -0.2) is 51.2 Å². The maximum absolute atomic E-state index is 13.3. The number of amides is 2. The zero-order valence-electron chi connectivity index (χ0n) is 25.8. The van der Waals surface area contributed by atoms with Crippen LogP contribution in [0.15, 0.2) is 65.8 Å². The minimum atomic E-state index is -3.62. The van der Waals surface area contributed by atoms with E-state index in [0.29, 0.717) is 30.6 Å². The normalized spacial score (nSPS) is 15.0. The lowest BCUT2D eigenvalue weighted by Crippen LogP contribution is -2.39. The topological polar surface area (TPSA) is 114 Å². The van der Waals surface area contributed by atoms with E-state index in [0.717, 1.165) is 47.5 Å². The lowest BCUT2D eigenvalue weighted by atomic mass is 9.90. The number of urea groups is 1. The predicted octanol–water partition coefficient (Wildman–Crippen LogP) is 5.81. The average molecular weight is 604 g/mol. The van der Waals surface area contributed by atoms with Crippen molar-refractivity contribution in [3.05, 3.63) is 83.4 Å². The van der Waals surface area contributed by atoms with Crippen molar-refractivity contribution in [2.75, 3.05) is 23.7 Å². The van der Waals surface area contributed by atoms with E-state index in [-0.39, 0.29) is 16.5 Å². The first-order valence-corrected chi connectivity index (χ1v) is 16.1. The van der Waals surface area contributed by atoms with Gasteiger partial charge in [-0.3, -0.25) is 5.32 Å². The van der Waals surface area contributed by atoms with Gasteiger partial charge >= 0.3 is 6.03 Å². The van der Waals surface area contributed by atoms with Crippen molar-refractivity contribution in [2.24, 2.45) is 13.0 Å². The monoisotopic (exact) mass is 603 g/mol. The van der Waals surface area contributed by atoms with Crippen LogP contribution in [0.1, 0.15) is 56.3 Å². The quantitative estimate of drug-likeness (QED) is 0.277. The molecule has 0 aliphatic carbocycles. The number of piperidine rings is 1. The van der Waals surface area contributed by atoms with E-state index >= 15 is 0 Å². The first-order chi connectivity index (χ1) is 20.3. The van der Waals surface area contributed by atoms with Gasteiger partial charge in [0, 0.05) is 43.5 Å². The number of rotatable bonds is 7. The number of para-hydroxylation sites is 1. The second-order valence-corrected chi connectivity index (χ2v) is 14.3. The number of hydrogen-bond acceptors (Lipinski definition) is 5. The number of hydrogen-bond donors (Lipinski definition) is 2. The number of nitrogens with one attached hydrogen (secondary N) is 2. The lowest BCUT2D eigenvalue weighted by Gasteiger charge is -2.31. The second-order valence-electron chi connectivity index (χ2n) is 12.4. The Morgan fingerprint density at radius 2 is 1.67 bits per heavy atom. The zero-order chi connectivity index (χ0) is 30.9. The highest BCUT2D eigenvalue weighted by molar-refractivity contribution is 7.89. The molecule has 43 heavy (non-hydrogen) atoms. The summed E-state index contributed by atoms with van der Waals surface area (Å²) in [7, 11) is -1.83. The van der Waals surface area contributed by atoms with Crippen LogP contribution >= 0.6 is 0 Å². The number of sulfonamides is 1. The first kappa shape index (κ1) is 30.5. The van der Waals surface area contributed by atoms with E-state index in [1.54, 1.807) is 29.4 Å². The molecule has 0 atom stereocenters. The van der Waals surface area contributed by atoms with Gasteiger partial charge < -0.3 is 9.88 Å². The summed E-state index contributed by atoms with van der Waals surface area (Å²) in [5, 5.41) is 11.0. The van der Waals surface area contributed by atoms with Gasteiger partial charge in [-0.15, -0.1) is 0 Å². The van der Waals surface area contributed by atoms with Crippen molar-refractivity contribution in [3.63, 3.8) is 0 Å². The molecule has 11 heteroatoms. The molecule has 0 radical (unpaired) electrons. The lowest BCUT2D eigenvalue weighted by molar-refractivity contribution is 0.261. The summed E-state index contributed by atoms with van der Waals surface area (Å²) in [4.78, 5) is 17.5. The maximum Gasteiger partial charge on any atom is 0.324 e. The fourth-order valence-electron chi connectivity index (χ4n) is 5.26. The van der Waals surface area contributed by atoms with Crippen LogP contribution in [0.25, 0.3) is 5.69 Å². The molecule has 0 spiro atoms. The summed E-state index contributed by atoms with van der Waals surface area (Å²) in [6.07, 6.45) is 3.78. The Hall–Kier alpha value is -3.96. The summed E-state index contributed by atoms with van der Waals surface area (Å²) in [6.45, 7) is 11.0. The molecule has 1 aliphatic rings. The number of aromatic nitrogens is 4. The fraction of sp³-hybridized carbons (Fsp3) is 0.406. The van der Waals surface area contributed by atoms with Gasteiger partial charge in [-0.05, 0) is 62.8 Å². The average Bonchev–Trinajstić information content (AvgIpc) is 3.54. The van der Waals surface area contributed by atoms with Crippen LogP contribution in [0.5, 0.6) is 0 Å². The molecular weight excluding hydrogens is 562 g/mol. The van der Waals surface area contributed by atoms with E-state index in [4.69, 9.17) is 5.10 Å². The van der Waals surface area contributed by atoms with Crippen molar-refractivity contribution in [1.29, 1.82) is 0 Å². The van der Waals surface area contributed by atoms with Crippen LogP contribution in [0.3, 0.4) is 0 Å². The third-order valence-corrected chi connectivity index (χ3v) is 9.81. The molecule has 0 bridgehead atoms. The molecule has 3 heterocycles. The van der Waals surface area contributed by atoms with Gasteiger partial charge in [-0.25, -0.2) is 22.9 Å². The number of nitrogens with zero attached hydrogens (tertiary/aromatic N) is 5. The molecule has 4 aromatic rings. The molecule has 0 unspecified atom stereocenters. The minimum absolute atomic E-state index is 0.102. The molecule has 1 saturated heterocycles. The Morgan fingerprint density at radius 3 is 2.30 bits per heavy atom. The summed E-state index contributed by atoms with van der Waals surface area (Å²) in [6, 6.07) is 17.4. The molecule has 2 N–H and O–H groups in total. The standard InChI is InChI=1S/C32H41N7O3S/c1-22-11-13-26(14-12-22)39-29(20-28(36-39)32(3,4)5)35-31(40)34-27-10-8-7-9-25(27)19-24-15-17-38(18-16-24)43(41,42)30-21-37(6)23(2)33-30/h7-14,20-21,24H,15-19H2,1-6H3,(H2,34,35,40). The molecule has 0 saturated carbocycles. The molecule has 10 nitrogen and oxygen atoms in total. The predicted molar refractivity (Wildman–Crippen MR) is 169 cm³/mol. The number of carbonyl (C=O) groups is 1. The van der Waals surface area contributed by atoms with Crippen LogP contribution < -0.4 is 10.6 Å². The highest BCUT2D eigenvalue weighted by atomic mass is 32.2. The summed E-state index contributed by atoms with van der Waals surface area (Å²) in [5.41, 5.74) is 4.43. The summed E-state index contributed by atoms with van der Waals surface area (Å²) < 4.78 is 31.3. The van der Waals surface area contributed by atoms with Crippen molar-refractivity contribution in [2.45, 2.75) is 64.3 Å². The van der Waals surface area contributed by atoms with Crippen molar-refractivity contribution in [1.82, 2.24) is 23.6 Å². The largest absolute Gasteiger partial charge is 0.337 e. The Morgan fingerprint density at radius 1 is 1.00 bits per heavy atom. The second kappa shape index (κ2) is 12.0. The number of aryl methyl sites for hydroxylation is 3. The van der Waals surface area contributed by atoms with E-state index in [2.05, 4.69) is 36.4 Å². The van der Waals surface area contributed by atoms with Crippen molar-refractivity contribution < 1.29 is 13.2 Å². The molecule has 1 aliphatic heterocycles. The van der Waals surface area contributed by atoms with Gasteiger partial charge in [0.05, 0.1) is 11.4 Å². The van der Waals surface area contributed by atoms with Crippen molar-refractivity contribution in [3.8, 4) is 5.69 Å². The summed E-state index contributed by atoms with van der Waals surface area (Å²) in [5.74, 6) is 1.54. The zero-order valence-corrected chi connectivity index (χ0v) is 26.6. The first-order valence-electron chi connectivity index (χ1n) is 14.6. The third kappa shape index (κ3) is 6.83. The smallest absolute Gasteiger partial charge is 0.324 e. The van der Waals surface area contributed by atoms with E-state index in [9.17, 15) is 13.2 Å². The maximum atomic E-state index is 13.3. The van der Waals surface area contributed by atoms with Gasteiger partial charge in [0.1, 0.15) is 11.6 Å². The van der Waals surface area contributed by atoms with Crippen LogP contribution in [0, 0.1) is 19.8 Å². The van der Waals surface area contributed by atoms with E-state index < -0.39 is 10.0 Å². The highest BCUT2D eigenvalue weighted by Crippen LogP contribution is 2.29. The molecule has 2 aromatic carbocycles. The Kier molecular flexibility index (Phi) is 8.49. The Labute approximate surface area is 254 Å². The molecule has 228 valence electrons. The molecule has 2 amide bonds. The SMILES string of the molecule is Cc1ccc(-n2nc(C(C)(C)C)cc2NC(=O)Nc2ccccc2CC2CCN(S(=O)(=O)c3cn(C)c(C)n3)CC2)cc1. The highest BCUT2D eigenvalue weighted by Gasteiger charge is 2.31. The Bertz CT molecular complexity index is 1690. The fourth-order valence-corrected chi connectivity index (χ4v) is 6.75. The molecule has 2 aromatic heterocycles. The van der Waals surface area contributed by atoms with Crippen LogP contribution in [0.2, 0.25) is 0 Å². The number of imidazole rings is 1. The van der Waals surface area contributed by atoms with E-state index in [1.807, 2.05) is 61.5 Å². The van der Waals surface area contributed by atoms with Crippen LogP contribution in [-0.2, 0) is 28.9 Å². The minimum Gasteiger partial charge on any atom is -0.337 e. The van der Waals surface area contributed by atoms with Gasteiger partial charge in [-0.2, -0.15) is 9.40 Å². The van der Waals surface area contributed by atoms with E-state index in [1.165, 1.54) is 4.31 Å². The number of anilines is 2. The Balaban J connectivity index is 1.26. The van der Waals surface area contributed by atoms with Gasteiger partial charge in [0.2, 0.25) is 0 Å². The number of benzene rings is 2. The van der Waals surface area contributed by atoms with Gasteiger partial charge in [-0.1, -0.05) is 56.7 Å². The van der Waals surface area contributed by atoms with Gasteiger partial charge in [0.25, 0.3) is 10.0 Å². The van der Waals surface area contributed by atoms with Crippen molar-refractivity contribution >= 4 is 27.6 Å². The molecule has 1 fully saturated rings. The van der Waals surface area contributed by atoms with Crippen LogP contribution in [0.4, 0.5) is 16.3 Å². The van der Waals surface area contributed by atoms with Gasteiger partial charge in [0.15, 0.2) is 5.03 Å². The third-order valence-electron chi connectivity index (χ3n) is 8.04. The number of carbonyl (C=O) groups excluding carboxylic acids is 1. The molecular formula is C32H41N7O3S. The summed E-state index contributed by atoms with van der Waals surface area (Å²) >= 11 is 0.